The van der Waals surface area contributed by atoms with E-state index in [0.29, 0.717) is 10.5 Å². The van der Waals surface area contributed by atoms with Crippen molar-refractivity contribution in [1.82, 2.24) is 0 Å². The Hall–Kier alpha value is 0.200. The van der Waals surface area contributed by atoms with Crippen LogP contribution in [0.1, 0.15) is 51.9 Å². The van der Waals surface area contributed by atoms with Crippen LogP contribution in [0.5, 0.6) is 0 Å². The second kappa shape index (κ2) is 7.47. The molecular weight excluding hydrogens is 303 g/mol. The van der Waals surface area contributed by atoms with Crippen molar-refractivity contribution in [2.75, 3.05) is 6.61 Å². The molecule has 0 spiro atoms. The molecule has 0 aromatic rings. The van der Waals surface area contributed by atoms with Gasteiger partial charge in [0.1, 0.15) is 0 Å². The summed E-state index contributed by atoms with van der Waals surface area (Å²) in [6.07, 6.45) is 8.49. The molecule has 0 bridgehead atoms. The number of unbranched alkanes of at least 4 members (excludes halogenated alkanes) is 3. The molecule has 1 aliphatic heterocycles. The molecule has 0 aliphatic carbocycles. The Bertz CT molecular complexity index is 194. The fraction of sp³-hybridized carbons (Fsp3) is 0.917. The van der Waals surface area contributed by atoms with Gasteiger partial charge in [0, 0.05) is 3.92 Å². The van der Waals surface area contributed by atoms with Crippen molar-refractivity contribution in [3.05, 3.63) is 0 Å². The van der Waals surface area contributed by atoms with Crippen LogP contribution in [0.25, 0.3) is 0 Å². The molecule has 3 heteroatoms. The molecular formula is C12H21IO2. The van der Waals surface area contributed by atoms with E-state index in [1.165, 1.54) is 32.1 Å². The number of halogens is 1. The summed E-state index contributed by atoms with van der Waals surface area (Å²) in [6, 6.07) is 0. The fourth-order valence-electron chi connectivity index (χ4n) is 1.97. The first kappa shape index (κ1) is 13.3. The third-order valence-corrected chi connectivity index (χ3v) is 4.09. The summed E-state index contributed by atoms with van der Waals surface area (Å²) in [4.78, 5) is 11.3. The highest BCUT2D eigenvalue weighted by molar-refractivity contribution is 14.1. The normalized spacial score (nSPS) is 22.8. The van der Waals surface area contributed by atoms with E-state index in [0.717, 1.165) is 12.8 Å². The monoisotopic (exact) mass is 324 g/mol. The summed E-state index contributed by atoms with van der Waals surface area (Å²) in [5, 5.41) is 0. The van der Waals surface area contributed by atoms with Crippen molar-refractivity contribution in [2.24, 2.45) is 5.92 Å². The van der Waals surface area contributed by atoms with Crippen LogP contribution in [0.4, 0.5) is 0 Å². The quantitative estimate of drug-likeness (QED) is 0.309. The van der Waals surface area contributed by atoms with Crippen molar-refractivity contribution < 1.29 is 9.53 Å². The van der Waals surface area contributed by atoms with Gasteiger partial charge in [0.05, 0.1) is 12.5 Å². The van der Waals surface area contributed by atoms with E-state index < -0.39 is 0 Å². The van der Waals surface area contributed by atoms with Crippen molar-refractivity contribution in [2.45, 2.75) is 55.8 Å². The lowest BCUT2D eigenvalue weighted by Gasteiger charge is -2.11. The Balaban J connectivity index is 2.07. The summed E-state index contributed by atoms with van der Waals surface area (Å²) in [6.45, 7) is 2.87. The molecule has 1 heterocycles. The molecule has 0 amide bonds. The van der Waals surface area contributed by atoms with Crippen LogP contribution in [-0.4, -0.2) is 16.5 Å². The highest BCUT2D eigenvalue weighted by atomic mass is 127. The van der Waals surface area contributed by atoms with Crippen LogP contribution in [0.15, 0.2) is 0 Å². The standard InChI is InChI=1S/C12H21IO2/c1-2-3-4-5-6-11(13)9-10-7-8-15-12(10)14/h10-11H,2-9H2,1H3. The van der Waals surface area contributed by atoms with Gasteiger partial charge in [-0.15, -0.1) is 0 Å². The van der Waals surface area contributed by atoms with Crippen molar-refractivity contribution >= 4 is 28.6 Å². The second-order valence-electron chi connectivity index (χ2n) is 4.34. The zero-order chi connectivity index (χ0) is 11.1. The van der Waals surface area contributed by atoms with Gasteiger partial charge in [-0.25, -0.2) is 0 Å². The lowest BCUT2D eigenvalue weighted by Crippen LogP contribution is -2.13. The van der Waals surface area contributed by atoms with E-state index >= 15 is 0 Å². The topological polar surface area (TPSA) is 26.3 Å². The molecule has 1 fully saturated rings. The van der Waals surface area contributed by atoms with Gasteiger partial charge in [0.25, 0.3) is 0 Å². The molecule has 1 aliphatic rings. The third-order valence-electron chi connectivity index (χ3n) is 2.96. The Labute approximate surface area is 106 Å². The van der Waals surface area contributed by atoms with Gasteiger partial charge < -0.3 is 4.74 Å². The van der Waals surface area contributed by atoms with E-state index in [-0.39, 0.29) is 11.9 Å². The number of ether oxygens (including phenoxy) is 1. The molecule has 1 saturated heterocycles. The summed E-state index contributed by atoms with van der Waals surface area (Å²) >= 11 is 2.49. The van der Waals surface area contributed by atoms with E-state index in [4.69, 9.17) is 4.74 Å². The Morgan fingerprint density at radius 1 is 1.47 bits per heavy atom. The molecule has 15 heavy (non-hydrogen) atoms. The molecule has 0 aromatic carbocycles. The predicted octanol–water partition coefficient (Wildman–Crippen LogP) is 3.71. The Morgan fingerprint density at radius 2 is 2.27 bits per heavy atom. The first-order chi connectivity index (χ1) is 7.24. The molecule has 0 N–H and O–H groups in total. The molecule has 0 aromatic heterocycles. The highest BCUT2D eigenvalue weighted by Crippen LogP contribution is 2.26. The van der Waals surface area contributed by atoms with Crippen LogP contribution in [-0.2, 0) is 9.53 Å². The molecule has 0 radical (unpaired) electrons. The average Bonchev–Trinajstić information content (AvgIpc) is 2.59. The number of alkyl halides is 1. The summed E-state index contributed by atoms with van der Waals surface area (Å²) in [5.41, 5.74) is 0. The SMILES string of the molecule is CCCCCCC(I)CC1CCOC1=O. The minimum Gasteiger partial charge on any atom is -0.465 e. The van der Waals surface area contributed by atoms with E-state index in [9.17, 15) is 4.79 Å². The van der Waals surface area contributed by atoms with E-state index in [2.05, 4.69) is 29.5 Å². The summed E-state index contributed by atoms with van der Waals surface area (Å²) < 4.78 is 5.62. The van der Waals surface area contributed by atoms with E-state index in [1.54, 1.807) is 0 Å². The second-order valence-corrected chi connectivity index (χ2v) is 6.10. The Kier molecular flexibility index (Phi) is 6.61. The maximum Gasteiger partial charge on any atom is 0.309 e. The zero-order valence-electron chi connectivity index (χ0n) is 9.51. The maximum absolute atomic E-state index is 11.3. The Morgan fingerprint density at radius 3 is 2.87 bits per heavy atom. The minimum absolute atomic E-state index is 0.0326. The van der Waals surface area contributed by atoms with Gasteiger partial charge in [0.15, 0.2) is 0 Å². The fourth-order valence-corrected chi connectivity index (χ4v) is 3.02. The van der Waals surface area contributed by atoms with E-state index in [1.807, 2.05) is 0 Å². The van der Waals surface area contributed by atoms with Gasteiger partial charge in [-0.2, -0.15) is 0 Å². The van der Waals surface area contributed by atoms with Gasteiger partial charge in [-0.05, 0) is 19.3 Å². The molecule has 88 valence electrons. The van der Waals surface area contributed by atoms with Crippen LogP contribution >= 0.6 is 22.6 Å². The van der Waals surface area contributed by atoms with Gasteiger partial charge in [-0.1, -0.05) is 55.2 Å². The number of cyclic esters (lactones) is 1. The van der Waals surface area contributed by atoms with Gasteiger partial charge >= 0.3 is 5.97 Å². The largest absolute Gasteiger partial charge is 0.465 e. The van der Waals surface area contributed by atoms with Gasteiger partial charge in [-0.3, -0.25) is 4.79 Å². The number of carbonyl (C=O) groups is 1. The first-order valence-electron chi connectivity index (χ1n) is 6.04. The number of esters is 1. The highest BCUT2D eigenvalue weighted by Gasteiger charge is 2.28. The molecule has 1 rings (SSSR count). The van der Waals surface area contributed by atoms with Crippen LogP contribution in [0, 0.1) is 5.92 Å². The van der Waals surface area contributed by atoms with Crippen molar-refractivity contribution in [3.63, 3.8) is 0 Å². The number of carbonyl (C=O) groups excluding carboxylic acids is 1. The minimum atomic E-state index is 0.0326. The maximum atomic E-state index is 11.3. The molecule has 2 atom stereocenters. The van der Waals surface area contributed by atoms with Gasteiger partial charge in [0.2, 0.25) is 0 Å². The zero-order valence-corrected chi connectivity index (χ0v) is 11.7. The number of hydrogen-bond donors (Lipinski definition) is 0. The van der Waals surface area contributed by atoms with Crippen molar-refractivity contribution in [3.8, 4) is 0 Å². The first-order valence-corrected chi connectivity index (χ1v) is 7.29. The van der Waals surface area contributed by atoms with Crippen molar-refractivity contribution in [1.29, 1.82) is 0 Å². The lowest BCUT2D eigenvalue weighted by atomic mass is 9.99. The lowest BCUT2D eigenvalue weighted by molar-refractivity contribution is -0.141. The predicted molar refractivity (Wildman–Crippen MR) is 70.3 cm³/mol. The smallest absolute Gasteiger partial charge is 0.309 e. The molecule has 2 unspecified atom stereocenters. The summed E-state index contributed by atoms with van der Waals surface area (Å²) in [5.74, 6) is 0.225. The third kappa shape index (κ3) is 5.18. The summed E-state index contributed by atoms with van der Waals surface area (Å²) in [7, 11) is 0. The van der Waals surface area contributed by atoms with Crippen LogP contribution in [0.2, 0.25) is 0 Å². The number of hydrogen-bond acceptors (Lipinski definition) is 2. The number of rotatable bonds is 7. The molecule has 0 saturated carbocycles. The van der Waals surface area contributed by atoms with Crippen LogP contribution < -0.4 is 0 Å². The average molecular weight is 324 g/mol. The molecule has 2 nitrogen and oxygen atoms in total. The van der Waals surface area contributed by atoms with Crippen LogP contribution in [0.3, 0.4) is 0 Å².